The van der Waals surface area contributed by atoms with Gasteiger partial charge in [0.2, 0.25) is 0 Å². The van der Waals surface area contributed by atoms with E-state index in [1.54, 1.807) is 0 Å². The van der Waals surface area contributed by atoms with Crippen LogP contribution in [0.3, 0.4) is 0 Å². The smallest absolute Gasteiger partial charge is 0.175 e. The minimum atomic E-state index is 0.381. The molecule has 144 valence electrons. The molecule has 0 spiro atoms. The molecule has 0 fully saturated rings. The molecule has 3 N–H and O–H groups in total. The molecular formula is C18H22Cl2N6S. The quantitative estimate of drug-likeness (QED) is 0.540. The molecule has 0 atom stereocenters. The highest BCUT2D eigenvalue weighted by Crippen LogP contribution is 2.36. The Balaban J connectivity index is 1.95. The maximum absolute atomic E-state index is 6.20. The summed E-state index contributed by atoms with van der Waals surface area (Å²) in [6.45, 7) is 7.95. The van der Waals surface area contributed by atoms with E-state index in [2.05, 4.69) is 33.7 Å². The van der Waals surface area contributed by atoms with Gasteiger partial charge < -0.3 is 15.6 Å². The van der Waals surface area contributed by atoms with Gasteiger partial charge in [0, 0.05) is 17.5 Å². The summed E-state index contributed by atoms with van der Waals surface area (Å²) in [7, 11) is 0. The molecule has 0 saturated heterocycles. The molecule has 0 aliphatic carbocycles. The number of aryl methyl sites for hydroxylation is 2. The normalized spacial score (nSPS) is 11.6. The Morgan fingerprint density at radius 3 is 2.70 bits per heavy atom. The maximum Gasteiger partial charge on any atom is 0.175 e. The number of hydrogen-bond acceptors (Lipinski definition) is 6. The summed E-state index contributed by atoms with van der Waals surface area (Å²) >= 11 is 13.8. The van der Waals surface area contributed by atoms with Gasteiger partial charge in [0.1, 0.15) is 6.33 Å². The standard InChI is InChI=1S/C18H22Cl2N6S/c1-10(2)22-5-4-6-26-17-15(16(21)23-9-24-17)25-18(26)27-14-8-13(20)12(19)7-11(14)3/h7-10,22H,4-6H2,1-3H3,(H2,21,23,24). The van der Waals surface area contributed by atoms with Crippen molar-refractivity contribution in [3.8, 4) is 0 Å². The van der Waals surface area contributed by atoms with Gasteiger partial charge in [0.15, 0.2) is 22.1 Å². The molecule has 0 aliphatic rings. The molecule has 2 aromatic heterocycles. The Kier molecular flexibility index (Phi) is 6.47. The second kappa shape index (κ2) is 8.65. The van der Waals surface area contributed by atoms with Gasteiger partial charge in [-0.1, -0.05) is 48.8 Å². The number of nitrogens with zero attached hydrogens (tertiary/aromatic N) is 4. The molecule has 0 aliphatic heterocycles. The lowest BCUT2D eigenvalue weighted by atomic mass is 10.2. The van der Waals surface area contributed by atoms with E-state index in [-0.39, 0.29) is 0 Å². The summed E-state index contributed by atoms with van der Waals surface area (Å²) in [6.07, 6.45) is 2.42. The second-order valence-electron chi connectivity index (χ2n) is 6.57. The number of imidazole rings is 1. The lowest BCUT2D eigenvalue weighted by Gasteiger charge is -2.12. The topological polar surface area (TPSA) is 81.7 Å². The number of hydrogen-bond donors (Lipinski definition) is 2. The SMILES string of the molecule is Cc1cc(Cl)c(Cl)cc1Sc1nc2c(N)ncnc2n1CCCNC(C)C. The molecule has 2 heterocycles. The minimum Gasteiger partial charge on any atom is -0.382 e. The van der Waals surface area contributed by atoms with Crippen molar-refractivity contribution in [2.24, 2.45) is 0 Å². The van der Waals surface area contributed by atoms with E-state index in [1.807, 2.05) is 19.1 Å². The molecule has 0 amide bonds. The summed E-state index contributed by atoms with van der Waals surface area (Å²) in [6, 6.07) is 4.18. The highest BCUT2D eigenvalue weighted by Gasteiger charge is 2.17. The molecule has 0 unspecified atom stereocenters. The van der Waals surface area contributed by atoms with Crippen LogP contribution in [0.2, 0.25) is 10.0 Å². The summed E-state index contributed by atoms with van der Waals surface area (Å²) in [5.74, 6) is 0.381. The molecule has 27 heavy (non-hydrogen) atoms. The Morgan fingerprint density at radius 2 is 1.96 bits per heavy atom. The van der Waals surface area contributed by atoms with Gasteiger partial charge in [-0.05, 0) is 37.6 Å². The molecular weight excluding hydrogens is 403 g/mol. The third kappa shape index (κ3) is 4.66. The van der Waals surface area contributed by atoms with Gasteiger partial charge in [0.25, 0.3) is 0 Å². The fourth-order valence-corrected chi connectivity index (χ4v) is 4.14. The van der Waals surface area contributed by atoms with E-state index in [9.17, 15) is 0 Å². The number of halogens is 2. The van der Waals surface area contributed by atoms with E-state index in [4.69, 9.17) is 33.9 Å². The van der Waals surface area contributed by atoms with Crippen molar-refractivity contribution < 1.29 is 0 Å². The van der Waals surface area contributed by atoms with Crippen LogP contribution in [0.5, 0.6) is 0 Å². The number of nitrogens with one attached hydrogen (secondary N) is 1. The zero-order valence-electron chi connectivity index (χ0n) is 15.5. The van der Waals surface area contributed by atoms with E-state index in [0.717, 1.165) is 40.8 Å². The van der Waals surface area contributed by atoms with E-state index < -0.39 is 0 Å². The molecule has 3 aromatic rings. The molecule has 9 heteroatoms. The van der Waals surface area contributed by atoms with Crippen LogP contribution < -0.4 is 11.1 Å². The monoisotopic (exact) mass is 424 g/mol. The first-order chi connectivity index (χ1) is 12.9. The van der Waals surface area contributed by atoms with Crippen LogP contribution in [-0.4, -0.2) is 32.1 Å². The highest BCUT2D eigenvalue weighted by molar-refractivity contribution is 7.99. The molecule has 0 bridgehead atoms. The summed E-state index contributed by atoms with van der Waals surface area (Å²) in [5.41, 5.74) is 8.41. The maximum atomic E-state index is 6.20. The lowest BCUT2D eigenvalue weighted by Crippen LogP contribution is -2.24. The molecule has 6 nitrogen and oxygen atoms in total. The fraction of sp³-hybridized carbons (Fsp3) is 0.389. The average Bonchev–Trinajstić information content (AvgIpc) is 2.95. The van der Waals surface area contributed by atoms with Crippen LogP contribution in [0.4, 0.5) is 5.82 Å². The minimum absolute atomic E-state index is 0.381. The Bertz CT molecular complexity index is 957. The number of rotatable bonds is 7. The van der Waals surface area contributed by atoms with Crippen LogP contribution in [0.1, 0.15) is 25.8 Å². The van der Waals surface area contributed by atoms with Crippen LogP contribution in [0, 0.1) is 6.92 Å². The van der Waals surface area contributed by atoms with Gasteiger partial charge in [0.05, 0.1) is 10.0 Å². The number of fused-ring (bicyclic) bond motifs is 1. The van der Waals surface area contributed by atoms with Crippen molar-refractivity contribution in [3.63, 3.8) is 0 Å². The predicted octanol–water partition coefficient (Wildman–Crippen LogP) is 4.56. The van der Waals surface area contributed by atoms with E-state index in [0.29, 0.717) is 27.4 Å². The van der Waals surface area contributed by atoms with Gasteiger partial charge in [-0.2, -0.15) is 0 Å². The highest BCUT2D eigenvalue weighted by atomic mass is 35.5. The van der Waals surface area contributed by atoms with E-state index in [1.165, 1.54) is 18.1 Å². The summed E-state index contributed by atoms with van der Waals surface area (Å²) in [4.78, 5) is 14.2. The molecule has 0 saturated carbocycles. The summed E-state index contributed by atoms with van der Waals surface area (Å²) < 4.78 is 2.09. The first-order valence-corrected chi connectivity index (χ1v) is 10.3. The van der Waals surface area contributed by atoms with Crippen molar-refractivity contribution in [2.45, 2.75) is 49.8 Å². The number of benzene rings is 1. The number of nitrogens with two attached hydrogens (primary N) is 1. The van der Waals surface area contributed by atoms with Crippen LogP contribution in [-0.2, 0) is 6.54 Å². The Morgan fingerprint density at radius 1 is 1.22 bits per heavy atom. The first kappa shape index (κ1) is 20.2. The third-order valence-electron chi connectivity index (χ3n) is 4.06. The zero-order valence-corrected chi connectivity index (χ0v) is 17.8. The largest absolute Gasteiger partial charge is 0.382 e. The fourth-order valence-electron chi connectivity index (χ4n) is 2.68. The van der Waals surface area contributed by atoms with Gasteiger partial charge >= 0.3 is 0 Å². The second-order valence-corrected chi connectivity index (χ2v) is 8.40. The number of anilines is 1. The van der Waals surface area contributed by atoms with Crippen LogP contribution in [0.25, 0.3) is 11.2 Å². The van der Waals surface area contributed by atoms with Crippen molar-refractivity contribution in [2.75, 3.05) is 12.3 Å². The van der Waals surface area contributed by atoms with Crippen LogP contribution >= 0.6 is 35.0 Å². The Hall–Kier alpha value is -1.54. The zero-order chi connectivity index (χ0) is 19.6. The Labute approximate surface area is 172 Å². The number of aromatic nitrogens is 4. The van der Waals surface area contributed by atoms with Crippen molar-refractivity contribution >= 4 is 51.9 Å². The molecule has 0 radical (unpaired) electrons. The molecule has 3 rings (SSSR count). The predicted molar refractivity (Wildman–Crippen MR) is 113 cm³/mol. The average molecular weight is 425 g/mol. The first-order valence-electron chi connectivity index (χ1n) is 8.70. The van der Waals surface area contributed by atoms with Crippen molar-refractivity contribution in [1.82, 2.24) is 24.8 Å². The van der Waals surface area contributed by atoms with Gasteiger partial charge in [-0.25, -0.2) is 15.0 Å². The van der Waals surface area contributed by atoms with Crippen molar-refractivity contribution in [3.05, 3.63) is 34.1 Å². The van der Waals surface area contributed by atoms with Crippen molar-refractivity contribution in [1.29, 1.82) is 0 Å². The van der Waals surface area contributed by atoms with Gasteiger partial charge in [-0.3, -0.25) is 0 Å². The summed E-state index contributed by atoms with van der Waals surface area (Å²) in [5, 5.41) is 5.30. The third-order valence-corrected chi connectivity index (χ3v) is 5.93. The molecule has 1 aromatic carbocycles. The van der Waals surface area contributed by atoms with E-state index >= 15 is 0 Å². The van der Waals surface area contributed by atoms with Gasteiger partial charge in [-0.15, -0.1) is 0 Å². The van der Waals surface area contributed by atoms with Crippen LogP contribution in [0.15, 0.2) is 28.5 Å². The lowest BCUT2D eigenvalue weighted by molar-refractivity contribution is 0.525. The number of nitrogen functional groups attached to an aromatic ring is 1.